The molecule has 1 N–H and O–H groups in total. The Morgan fingerprint density at radius 2 is 2.33 bits per heavy atom. The molecule has 2 nitrogen and oxygen atoms in total. The zero-order valence-corrected chi connectivity index (χ0v) is 11.1. The molecule has 1 saturated carbocycles. The predicted molar refractivity (Wildman–Crippen MR) is 68.9 cm³/mol. The lowest BCUT2D eigenvalue weighted by Gasteiger charge is -2.39. The monoisotopic (exact) mass is 274 g/mol. The Labute approximate surface area is 111 Å². The summed E-state index contributed by atoms with van der Waals surface area (Å²) in [7, 11) is 0. The molecule has 2 unspecified atom stereocenters. The number of aromatic nitrogens is 1. The standard InChI is InChI=1S/C13H17ClF2N2/c1-9-3-2-4-13(6-9,8-14)18-12-11(16)5-10(15)7-17-12/h5,7,9H,2-4,6,8H2,1H3,(H,17,18). The molecule has 18 heavy (non-hydrogen) atoms. The highest BCUT2D eigenvalue weighted by atomic mass is 35.5. The first-order chi connectivity index (χ1) is 8.54. The van der Waals surface area contributed by atoms with E-state index in [1.807, 2.05) is 0 Å². The van der Waals surface area contributed by atoms with Crippen LogP contribution in [0.2, 0.25) is 0 Å². The summed E-state index contributed by atoms with van der Waals surface area (Å²) in [5.41, 5.74) is -0.328. The van der Waals surface area contributed by atoms with E-state index < -0.39 is 11.6 Å². The van der Waals surface area contributed by atoms with Gasteiger partial charge in [-0.3, -0.25) is 0 Å². The molecule has 0 saturated heterocycles. The Kier molecular flexibility index (Phi) is 4.05. The van der Waals surface area contributed by atoms with Crippen molar-refractivity contribution in [2.24, 2.45) is 5.92 Å². The van der Waals surface area contributed by atoms with Crippen molar-refractivity contribution in [3.8, 4) is 0 Å². The van der Waals surface area contributed by atoms with Gasteiger partial charge >= 0.3 is 0 Å². The summed E-state index contributed by atoms with van der Waals surface area (Å²) in [6.07, 6.45) is 5.01. The minimum absolute atomic E-state index is 0.0890. The number of halogens is 3. The quantitative estimate of drug-likeness (QED) is 0.844. The van der Waals surface area contributed by atoms with Gasteiger partial charge < -0.3 is 5.32 Å². The fraction of sp³-hybridized carbons (Fsp3) is 0.615. The van der Waals surface area contributed by atoms with E-state index in [4.69, 9.17) is 11.6 Å². The maximum absolute atomic E-state index is 13.6. The number of rotatable bonds is 3. The van der Waals surface area contributed by atoms with Crippen LogP contribution in [0, 0.1) is 17.6 Å². The van der Waals surface area contributed by atoms with Crippen LogP contribution in [0.3, 0.4) is 0 Å². The molecule has 0 aliphatic heterocycles. The van der Waals surface area contributed by atoms with Gasteiger partial charge in [-0.25, -0.2) is 13.8 Å². The normalized spacial score (nSPS) is 28.1. The van der Waals surface area contributed by atoms with E-state index in [-0.39, 0.29) is 11.4 Å². The lowest BCUT2D eigenvalue weighted by Crippen LogP contribution is -2.44. The minimum Gasteiger partial charge on any atom is -0.361 e. The van der Waals surface area contributed by atoms with Crippen molar-refractivity contribution in [2.75, 3.05) is 11.2 Å². The minimum atomic E-state index is -0.671. The van der Waals surface area contributed by atoms with E-state index in [1.54, 1.807) is 0 Å². The third-order valence-corrected chi connectivity index (χ3v) is 4.05. The number of anilines is 1. The van der Waals surface area contributed by atoms with Crippen LogP contribution in [0.15, 0.2) is 12.3 Å². The number of alkyl halides is 1. The highest BCUT2D eigenvalue weighted by Crippen LogP contribution is 2.36. The van der Waals surface area contributed by atoms with Crippen LogP contribution in [0.1, 0.15) is 32.6 Å². The number of hydrogen-bond donors (Lipinski definition) is 1. The number of nitrogens with one attached hydrogen (secondary N) is 1. The molecule has 1 heterocycles. The van der Waals surface area contributed by atoms with Gasteiger partial charge in [-0.1, -0.05) is 19.8 Å². The molecule has 0 bridgehead atoms. The Balaban J connectivity index is 2.19. The molecule has 1 aromatic rings. The summed E-state index contributed by atoms with van der Waals surface area (Å²) in [5, 5.41) is 3.09. The van der Waals surface area contributed by atoms with Crippen LogP contribution in [0.4, 0.5) is 14.6 Å². The first-order valence-electron chi connectivity index (χ1n) is 6.20. The number of hydrogen-bond acceptors (Lipinski definition) is 2. The number of pyridine rings is 1. The Bertz CT molecular complexity index is 427. The zero-order valence-electron chi connectivity index (χ0n) is 10.3. The summed E-state index contributed by atoms with van der Waals surface area (Å²) in [5.74, 6) is -0.303. The lowest BCUT2D eigenvalue weighted by molar-refractivity contribution is 0.278. The molecule has 1 aromatic heterocycles. The van der Waals surface area contributed by atoms with Crippen molar-refractivity contribution in [3.05, 3.63) is 23.9 Å². The number of nitrogens with zero attached hydrogens (tertiary/aromatic N) is 1. The second-order valence-electron chi connectivity index (χ2n) is 5.22. The van der Waals surface area contributed by atoms with E-state index in [1.165, 1.54) is 6.42 Å². The molecule has 1 aliphatic carbocycles. The van der Waals surface area contributed by atoms with Gasteiger partial charge in [0.2, 0.25) is 0 Å². The van der Waals surface area contributed by atoms with Crippen LogP contribution >= 0.6 is 11.6 Å². The summed E-state index contributed by atoms with van der Waals surface area (Å²) < 4.78 is 26.4. The van der Waals surface area contributed by atoms with Crippen LogP contribution < -0.4 is 5.32 Å². The van der Waals surface area contributed by atoms with Crippen molar-refractivity contribution in [3.63, 3.8) is 0 Å². The van der Waals surface area contributed by atoms with Gasteiger partial charge in [-0.2, -0.15) is 0 Å². The fourth-order valence-corrected chi connectivity index (χ4v) is 3.00. The highest BCUT2D eigenvalue weighted by molar-refractivity contribution is 6.18. The highest BCUT2D eigenvalue weighted by Gasteiger charge is 2.35. The Morgan fingerprint density at radius 3 is 2.94 bits per heavy atom. The summed E-state index contributed by atoms with van der Waals surface area (Å²) in [6, 6.07) is 0.837. The molecule has 2 atom stereocenters. The average Bonchev–Trinajstić information content (AvgIpc) is 2.33. The van der Waals surface area contributed by atoms with Gasteiger partial charge in [0.1, 0.15) is 5.82 Å². The Morgan fingerprint density at radius 1 is 1.56 bits per heavy atom. The van der Waals surface area contributed by atoms with Crippen molar-refractivity contribution >= 4 is 17.4 Å². The van der Waals surface area contributed by atoms with E-state index in [0.717, 1.165) is 31.5 Å². The third-order valence-electron chi connectivity index (χ3n) is 3.54. The van der Waals surface area contributed by atoms with Crippen molar-refractivity contribution < 1.29 is 8.78 Å². The SMILES string of the molecule is CC1CCCC(CCl)(Nc2ncc(F)cc2F)C1. The molecule has 100 valence electrons. The second-order valence-corrected chi connectivity index (χ2v) is 5.49. The molecule has 2 rings (SSSR count). The van der Waals surface area contributed by atoms with Crippen LogP contribution in [0.5, 0.6) is 0 Å². The molecule has 0 radical (unpaired) electrons. The van der Waals surface area contributed by atoms with Gasteiger partial charge in [0.25, 0.3) is 0 Å². The smallest absolute Gasteiger partial charge is 0.168 e. The van der Waals surface area contributed by atoms with E-state index in [0.29, 0.717) is 11.8 Å². The molecule has 1 fully saturated rings. The molecule has 1 aliphatic rings. The van der Waals surface area contributed by atoms with Crippen LogP contribution in [-0.4, -0.2) is 16.4 Å². The maximum atomic E-state index is 13.6. The van der Waals surface area contributed by atoms with Gasteiger partial charge in [0.05, 0.1) is 11.7 Å². The topological polar surface area (TPSA) is 24.9 Å². The van der Waals surface area contributed by atoms with Gasteiger partial charge in [0.15, 0.2) is 11.6 Å². The molecule has 0 amide bonds. The second kappa shape index (κ2) is 5.39. The van der Waals surface area contributed by atoms with Gasteiger partial charge in [-0.15, -0.1) is 11.6 Å². The molecular formula is C13H17ClF2N2. The first-order valence-corrected chi connectivity index (χ1v) is 6.73. The summed E-state index contributed by atoms with van der Waals surface area (Å²) >= 11 is 6.05. The van der Waals surface area contributed by atoms with E-state index in [2.05, 4.69) is 17.2 Å². The molecule has 5 heteroatoms. The summed E-state index contributed by atoms with van der Waals surface area (Å²) in [4.78, 5) is 3.77. The van der Waals surface area contributed by atoms with Crippen molar-refractivity contribution in [2.45, 2.75) is 38.1 Å². The van der Waals surface area contributed by atoms with E-state index >= 15 is 0 Å². The predicted octanol–water partition coefficient (Wildman–Crippen LogP) is 3.96. The van der Waals surface area contributed by atoms with Crippen LogP contribution in [-0.2, 0) is 0 Å². The Hall–Kier alpha value is -0.900. The fourth-order valence-electron chi connectivity index (χ4n) is 2.69. The largest absolute Gasteiger partial charge is 0.361 e. The molecule has 0 spiro atoms. The molecular weight excluding hydrogens is 258 g/mol. The third kappa shape index (κ3) is 2.91. The molecule has 0 aromatic carbocycles. The van der Waals surface area contributed by atoms with Crippen LogP contribution in [0.25, 0.3) is 0 Å². The van der Waals surface area contributed by atoms with Crippen molar-refractivity contribution in [1.29, 1.82) is 0 Å². The van der Waals surface area contributed by atoms with Gasteiger partial charge in [0, 0.05) is 11.9 Å². The first kappa shape index (κ1) is 13.5. The van der Waals surface area contributed by atoms with Gasteiger partial charge in [-0.05, 0) is 18.8 Å². The summed E-state index contributed by atoms with van der Waals surface area (Å²) in [6.45, 7) is 2.16. The lowest BCUT2D eigenvalue weighted by atomic mass is 9.77. The van der Waals surface area contributed by atoms with Crippen molar-refractivity contribution in [1.82, 2.24) is 4.98 Å². The average molecular weight is 275 g/mol. The van der Waals surface area contributed by atoms with E-state index in [9.17, 15) is 8.78 Å². The maximum Gasteiger partial charge on any atom is 0.168 e. The zero-order chi connectivity index (χ0) is 13.2.